The molecule has 0 fully saturated rings. The fourth-order valence-corrected chi connectivity index (χ4v) is 23.9. The quantitative estimate of drug-likeness (QED) is 0.0357. The van der Waals surface area contributed by atoms with Gasteiger partial charge in [-0.15, -0.1) is 0 Å². The van der Waals surface area contributed by atoms with Gasteiger partial charge in [0.1, 0.15) is 77.0 Å². The molecule has 1 aliphatic rings. The Morgan fingerprint density at radius 2 is 0.421 bits per heavy atom. The lowest BCUT2D eigenvalue weighted by molar-refractivity contribution is 0.353. The highest BCUT2D eigenvalue weighted by Crippen LogP contribution is 2.58. The summed E-state index contributed by atoms with van der Waals surface area (Å²) in [7, 11) is -10.8. The minimum atomic E-state index is -2.71. The zero-order chi connectivity index (χ0) is 54.9. The van der Waals surface area contributed by atoms with E-state index in [0.29, 0.717) is 72.3 Å². The third kappa shape index (κ3) is 20.4. The van der Waals surface area contributed by atoms with Crippen LogP contribution in [0.5, 0.6) is 23.0 Å². The molecule has 0 aromatic heterocycles. The van der Waals surface area contributed by atoms with Crippen molar-refractivity contribution < 1.29 is 37.2 Å². The van der Waals surface area contributed by atoms with Crippen LogP contribution in [0.3, 0.4) is 0 Å². The number of benzene rings is 4. The fourth-order valence-electron chi connectivity index (χ4n) is 8.93. The molecule has 0 atom stereocenters. The molecule has 4 aromatic rings. The van der Waals surface area contributed by atoms with Crippen LogP contribution in [0, 0.1) is 0 Å². The van der Waals surface area contributed by atoms with Gasteiger partial charge in [-0.3, -0.25) is 0 Å². The van der Waals surface area contributed by atoms with Gasteiger partial charge in [-0.1, -0.05) is 178 Å². The summed E-state index contributed by atoms with van der Waals surface area (Å²) in [5.74, 6) is 2.59. The molecule has 16 heteroatoms. The third-order valence-corrected chi connectivity index (χ3v) is 29.6. The summed E-state index contributed by atoms with van der Waals surface area (Å²) in [6.45, 7) is 17.2. The highest BCUT2D eigenvalue weighted by atomic mass is 32.2. The molecule has 5 rings (SSSR count). The van der Waals surface area contributed by atoms with Gasteiger partial charge in [0.25, 0.3) is 0 Å². The predicted molar refractivity (Wildman–Crippen MR) is 333 cm³/mol. The van der Waals surface area contributed by atoms with Crippen molar-refractivity contribution in [3.05, 3.63) is 72.8 Å². The Morgan fingerprint density at radius 3 is 0.553 bits per heavy atom. The van der Waals surface area contributed by atoms with Crippen molar-refractivity contribution in [3.63, 3.8) is 0 Å². The van der Waals surface area contributed by atoms with Gasteiger partial charge in [-0.05, 0) is 99.9 Å². The van der Waals surface area contributed by atoms with E-state index in [1.807, 2.05) is 24.3 Å². The van der Waals surface area contributed by atoms with Crippen molar-refractivity contribution >= 4 is 75.6 Å². The highest BCUT2D eigenvalue weighted by molar-refractivity contribution is 8.01. The second kappa shape index (κ2) is 34.0. The Morgan fingerprint density at radius 1 is 0.276 bits per heavy atom. The molecule has 424 valence electrons. The van der Waals surface area contributed by atoms with Crippen LogP contribution in [0.4, 0.5) is 0 Å². The molecule has 76 heavy (non-hydrogen) atoms. The van der Waals surface area contributed by atoms with Crippen LogP contribution in [0.25, 0.3) is 0 Å². The van der Waals surface area contributed by atoms with Crippen LogP contribution in [0.1, 0.15) is 158 Å². The van der Waals surface area contributed by atoms with Gasteiger partial charge in [0.05, 0.1) is 39.2 Å². The van der Waals surface area contributed by atoms with Gasteiger partial charge in [-0.2, -0.15) is 0 Å². The number of fused-ring (bicyclic) bond motifs is 8. The summed E-state index contributed by atoms with van der Waals surface area (Å²) in [4.78, 5) is 6.77. The van der Waals surface area contributed by atoms with Crippen LogP contribution < -0.4 is 18.9 Å². The zero-order valence-electron chi connectivity index (χ0n) is 47.4. The molecule has 8 nitrogen and oxygen atoms in total. The van der Waals surface area contributed by atoms with Gasteiger partial charge in [0, 0.05) is 49.3 Å². The maximum absolute atomic E-state index is 14.9. The van der Waals surface area contributed by atoms with E-state index < -0.39 is 28.6 Å². The summed E-state index contributed by atoms with van der Waals surface area (Å²) in [5.41, 5.74) is 0. The van der Waals surface area contributed by atoms with Crippen LogP contribution >= 0.6 is 75.6 Å². The van der Waals surface area contributed by atoms with E-state index in [9.17, 15) is 18.3 Å². The first kappa shape index (κ1) is 65.2. The molecule has 4 aromatic carbocycles. The number of unbranched alkanes of at least 4 members (excludes halogenated alkanes) is 8. The first-order valence-corrected chi connectivity index (χ1v) is 41.1. The molecule has 0 N–H and O–H groups in total. The molecule has 0 radical (unpaired) electrons. The van der Waals surface area contributed by atoms with Gasteiger partial charge < -0.3 is 37.2 Å². The summed E-state index contributed by atoms with van der Waals surface area (Å²) in [5, 5.41) is 0. The molecule has 0 amide bonds. The first-order chi connectivity index (χ1) is 36.7. The van der Waals surface area contributed by atoms with Gasteiger partial charge >= 0.3 is 0 Å². The molecule has 1 aliphatic heterocycles. The van der Waals surface area contributed by atoms with Crippen LogP contribution in [0.15, 0.2) is 112 Å². The Labute approximate surface area is 477 Å². The predicted octanol–water partition coefficient (Wildman–Crippen LogP) is 21.8. The summed E-state index contributed by atoms with van der Waals surface area (Å²) < 4.78 is 87.5. The second-order valence-corrected chi connectivity index (χ2v) is 38.1. The Bertz CT molecular complexity index is 2110. The normalized spacial score (nSPS) is 13.2. The summed E-state index contributed by atoms with van der Waals surface area (Å²) in [6, 6.07) is 24.7. The Kier molecular flexibility index (Phi) is 29.2. The smallest absolute Gasteiger partial charge is 0.147 e. The average Bonchev–Trinajstić information content (AvgIpc) is 3.42. The van der Waals surface area contributed by atoms with E-state index in [4.69, 9.17) is 18.9 Å². The maximum Gasteiger partial charge on any atom is 0.147 e. The van der Waals surface area contributed by atoms with Crippen molar-refractivity contribution in [2.24, 2.45) is 0 Å². The van der Waals surface area contributed by atoms with Crippen LogP contribution in [-0.2, 0) is 18.3 Å². The van der Waals surface area contributed by atoms with Gasteiger partial charge in [0.2, 0.25) is 0 Å². The minimum Gasteiger partial charge on any atom is -0.484 e. The van der Waals surface area contributed by atoms with E-state index >= 15 is 0 Å². The summed E-state index contributed by atoms with van der Waals surface area (Å²) >= 11 is 6.19. The molecular formula is C60H92O8P4S4. The standard InChI is InChI=1S/C60H92O8P4S4/c1-9-17-37-69(61,38-18-10-2)45-65-57-49-29-25-30-50(57)74-52-32-27-34-54(59(52)67-47-71(63,41-21-13-5)42-22-14-6)76-56-36-28-35-55(60(56)68-48-72(64,43-23-15-7)44-24-16-8)75-53-33-26-31-51(73-49)58(53)66-46-70(62,39-19-11-3)40-20-12-4/h25-36H,9-24,37-48H2,1-8H3. The molecule has 0 unspecified atom stereocenters. The van der Waals surface area contributed by atoms with Crippen LogP contribution in [-0.4, -0.2) is 74.7 Å². The molecule has 0 saturated heterocycles. The molecule has 8 bridgehead atoms. The molecule has 0 spiro atoms. The lowest BCUT2D eigenvalue weighted by Gasteiger charge is -2.25. The number of hydrogen-bond donors (Lipinski definition) is 0. The molecule has 0 saturated carbocycles. The summed E-state index contributed by atoms with van der Waals surface area (Å²) in [6.07, 6.45) is 20.4. The lowest BCUT2D eigenvalue weighted by Crippen LogP contribution is -2.09. The topological polar surface area (TPSA) is 105 Å². The SMILES string of the molecule is CCCCP(=O)(CCCC)COc1c2cccc1Sc1cccc(c1OCP(=O)(CCCC)CCCC)Sc1cccc(c1OCP(=O)(CCCC)CCCC)Sc1cccc(c1OCP(=O)(CCCC)CCCC)S2. The molecular weight excluding hydrogens is 1100 g/mol. The van der Waals surface area contributed by atoms with Gasteiger partial charge in [-0.25, -0.2) is 0 Å². The highest BCUT2D eigenvalue weighted by Gasteiger charge is 2.31. The van der Waals surface area contributed by atoms with Crippen molar-refractivity contribution in [1.29, 1.82) is 0 Å². The van der Waals surface area contributed by atoms with Crippen molar-refractivity contribution in [2.45, 2.75) is 197 Å². The number of ether oxygens (including phenoxy) is 4. The maximum atomic E-state index is 14.9. The Balaban J connectivity index is 1.79. The minimum absolute atomic E-state index is 0.133. The number of rotatable bonds is 36. The van der Waals surface area contributed by atoms with E-state index in [2.05, 4.69) is 104 Å². The van der Waals surface area contributed by atoms with Crippen molar-refractivity contribution in [2.75, 3.05) is 74.7 Å². The second-order valence-electron chi connectivity index (χ2n) is 20.7. The molecule has 0 aliphatic carbocycles. The van der Waals surface area contributed by atoms with Gasteiger partial charge in [0.15, 0.2) is 0 Å². The fraction of sp³-hybridized carbons (Fsp3) is 0.600. The molecule has 1 heterocycles. The zero-order valence-corrected chi connectivity index (χ0v) is 54.3. The number of hydrogen-bond acceptors (Lipinski definition) is 12. The Hall–Kier alpha value is -1.60. The van der Waals surface area contributed by atoms with Crippen molar-refractivity contribution in [3.8, 4) is 23.0 Å². The van der Waals surface area contributed by atoms with E-state index in [1.165, 1.54) is 0 Å². The van der Waals surface area contributed by atoms with Crippen molar-refractivity contribution in [1.82, 2.24) is 0 Å². The van der Waals surface area contributed by atoms with Crippen LogP contribution in [0.2, 0.25) is 0 Å². The average molecular weight is 1190 g/mol. The van der Waals surface area contributed by atoms with E-state index in [1.54, 1.807) is 47.0 Å². The van der Waals surface area contributed by atoms with E-state index in [-0.39, 0.29) is 25.4 Å². The van der Waals surface area contributed by atoms with E-state index in [0.717, 1.165) is 142 Å². The first-order valence-electron chi connectivity index (χ1n) is 28.8. The largest absolute Gasteiger partial charge is 0.484 e. The lowest BCUT2D eigenvalue weighted by atomic mass is 10.3. The number of para-hydroxylation sites is 4. The monoisotopic (exact) mass is 1190 g/mol. The third-order valence-electron chi connectivity index (χ3n) is 13.8.